The van der Waals surface area contributed by atoms with Gasteiger partial charge in [-0.15, -0.1) is 11.8 Å². The molecule has 0 saturated carbocycles. The van der Waals surface area contributed by atoms with Crippen LogP contribution in [0.3, 0.4) is 0 Å². The summed E-state index contributed by atoms with van der Waals surface area (Å²) in [5, 5.41) is 0. The lowest BCUT2D eigenvalue weighted by molar-refractivity contribution is -0.143. The Morgan fingerprint density at radius 2 is 1.79 bits per heavy atom. The fourth-order valence-electron chi connectivity index (χ4n) is 3.92. The number of carbonyl (C=O) groups excluding carboxylic acids is 2. The molecule has 1 amide bonds. The van der Waals surface area contributed by atoms with Crippen LogP contribution in [0.4, 0.5) is 4.79 Å². The molecule has 34 heavy (non-hydrogen) atoms. The van der Waals surface area contributed by atoms with E-state index in [0.717, 1.165) is 11.3 Å². The Hall–Kier alpha value is -2.21. The van der Waals surface area contributed by atoms with Gasteiger partial charge in [0.2, 0.25) is 0 Å². The number of thioether (sulfide) groups is 1. The van der Waals surface area contributed by atoms with E-state index in [4.69, 9.17) is 9.47 Å². The Morgan fingerprint density at radius 3 is 2.35 bits per heavy atom. The molecule has 0 radical (unpaired) electrons. The van der Waals surface area contributed by atoms with Crippen molar-refractivity contribution >= 4 is 23.8 Å². The van der Waals surface area contributed by atoms with Crippen LogP contribution in [-0.2, 0) is 20.7 Å². The van der Waals surface area contributed by atoms with Crippen molar-refractivity contribution in [1.29, 1.82) is 0 Å². The average Bonchev–Trinajstić information content (AvgIpc) is 3.05. The van der Waals surface area contributed by atoms with E-state index in [1.165, 1.54) is 7.11 Å². The van der Waals surface area contributed by atoms with Gasteiger partial charge in [0.25, 0.3) is 0 Å². The van der Waals surface area contributed by atoms with E-state index in [1.807, 2.05) is 62.1 Å². The summed E-state index contributed by atoms with van der Waals surface area (Å²) in [6.07, 6.45) is 8.64. The van der Waals surface area contributed by atoms with Crippen molar-refractivity contribution in [1.82, 2.24) is 4.90 Å². The highest BCUT2D eigenvalue weighted by atomic mass is 32.2. The molecule has 188 valence electrons. The standard InChI is InChI=1S/C28H41NO4S/c1-20(2)22(14-15-23(25(30)32-8)18-21-12-10-9-11-13-21)16-17-24-19-34-28(6,7)29(24)26(31)33-27(3,4)5/h9-17,20,22-24H,18-19H2,1-8H3/b15-14-,17-16+/t22-,23+,24-/m1/s1. The van der Waals surface area contributed by atoms with Crippen molar-refractivity contribution in [3.63, 3.8) is 0 Å². The predicted molar refractivity (Wildman–Crippen MR) is 141 cm³/mol. The van der Waals surface area contributed by atoms with Crippen molar-refractivity contribution in [2.75, 3.05) is 12.9 Å². The zero-order valence-electron chi connectivity index (χ0n) is 21.9. The number of methoxy groups -OCH3 is 1. The van der Waals surface area contributed by atoms with Crippen LogP contribution in [0.25, 0.3) is 0 Å². The first-order chi connectivity index (χ1) is 15.8. The van der Waals surface area contributed by atoms with Gasteiger partial charge in [0, 0.05) is 5.75 Å². The maximum atomic E-state index is 13.0. The summed E-state index contributed by atoms with van der Waals surface area (Å²) in [5.41, 5.74) is 0.553. The van der Waals surface area contributed by atoms with Gasteiger partial charge in [-0.3, -0.25) is 9.69 Å². The Labute approximate surface area is 210 Å². The molecular weight excluding hydrogens is 446 g/mol. The van der Waals surface area contributed by atoms with Gasteiger partial charge in [0.05, 0.1) is 23.9 Å². The van der Waals surface area contributed by atoms with Crippen LogP contribution in [0.5, 0.6) is 0 Å². The van der Waals surface area contributed by atoms with E-state index in [-0.39, 0.29) is 34.8 Å². The molecule has 1 fully saturated rings. The minimum Gasteiger partial charge on any atom is -0.469 e. The monoisotopic (exact) mass is 487 g/mol. The molecule has 0 bridgehead atoms. The highest BCUT2D eigenvalue weighted by molar-refractivity contribution is 8.00. The predicted octanol–water partition coefficient (Wildman–Crippen LogP) is 6.49. The summed E-state index contributed by atoms with van der Waals surface area (Å²) in [7, 11) is 1.43. The van der Waals surface area contributed by atoms with Crippen LogP contribution in [0.2, 0.25) is 0 Å². The molecule has 6 heteroatoms. The molecule has 1 aliphatic rings. The summed E-state index contributed by atoms with van der Waals surface area (Å²) in [4.78, 5) is 26.9. The second-order valence-electron chi connectivity index (χ2n) is 10.6. The van der Waals surface area contributed by atoms with Crippen LogP contribution in [-0.4, -0.2) is 46.3 Å². The van der Waals surface area contributed by atoms with Gasteiger partial charge in [0.15, 0.2) is 0 Å². The van der Waals surface area contributed by atoms with Gasteiger partial charge in [-0.05, 0) is 58.4 Å². The summed E-state index contributed by atoms with van der Waals surface area (Å²) < 4.78 is 10.7. The normalized spacial score (nSPS) is 20.1. The number of carbonyl (C=O) groups is 2. The highest BCUT2D eigenvalue weighted by Gasteiger charge is 2.44. The number of nitrogens with zero attached hydrogens (tertiary/aromatic N) is 1. The third-order valence-electron chi connectivity index (χ3n) is 5.80. The molecule has 0 aliphatic carbocycles. The number of rotatable bonds is 8. The molecule has 2 rings (SSSR count). The topological polar surface area (TPSA) is 55.8 Å². The number of esters is 1. The van der Waals surface area contributed by atoms with Crippen LogP contribution < -0.4 is 0 Å². The molecule has 0 spiro atoms. The fraction of sp³-hybridized carbons (Fsp3) is 0.571. The van der Waals surface area contributed by atoms with Gasteiger partial charge < -0.3 is 9.47 Å². The summed E-state index contributed by atoms with van der Waals surface area (Å²) >= 11 is 1.75. The summed E-state index contributed by atoms with van der Waals surface area (Å²) in [5.74, 6) is 0.686. The zero-order chi connectivity index (χ0) is 25.5. The number of hydrogen-bond donors (Lipinski definition) is 0. The van der Waals surface area contributed by atoms with Crippen molar-refractivity contribution < 1.29 is 19.1 Å². The second-order valence-corrected chi connectivity index (χ2v) is 12.2. The maximum absolute atomic E-state index is 13.0. The molecule has 1 aromatic rings. The molecule has 1 aliphatic heterocycles. The fourth-order valence-corrected chi connectivity index (χ4v) is 5.11. The molecule has 1 aromatic carbocycles. The molecule has 3 atom stereocenters. The van der Waals surface area contributed by atoms with Crippen LogP contribution >= 0.6 is 11.8 Å². The summed E-state index contributed by atoms with van der Waals surface area (Å²) in [6.45, 7) is 14.1. The van der Waals surface area contributed by atoms with E-state index >= 15 is 0 Å². The average molecular weight is 488 g/mol. The number of hydrogen-bond acceptors (Lipinski definition) is 5. The first kappa shape index (κ1) is 28.0. The van der Waals surface area contributed by atoms with Gasteiger partial charge in [-0.2, -0.15) is 0 Å². The van der Waals surface area contributed by atoms with Gasteiger partial charge in [-0.25, -0.2) is 4.79 Å². The van der Waals surface area contributed by atoms with Gasteiger partial charge >= 0.3 is 12.1 Å². The lowest BCUT2D eigenvalue weighted by atomic mass is 9.91. The van der Waals surface area contributed by atoms with Crippen molar-refractivity contribution in [3.05, 3.63) is 60.2 Å². The quantitative estimate of drug-likeness (QED) is 0.310. The Balaban J connectivity index is 2.20. The molecule has 1 saturated heterocycles. The SMILES string of the molecule is COC(=O)[C@@H](/C=C\[C@H](/C=C/[C@@H]1CSC(C)(C)N1C(=O)OC(C)(C)C)C(C)C)Cc1ccccc1. The summed E-state index contributed by atoms with van der Waals surface area (Å²) in [6, 6.07) is 9.91. The van der Waals surface area contributed by atoms with E-state index < -0.39 is 5.60 Å². The Kier molecular flexibility index (Phi) is 9.86. The number of ether oxygens (including phenoxy) is 2. The maximum Gasteiger partial charge on any atom is 0.411 e. The van der Waals surface area contributed by atoms with Crippen LogP contribution in [0.1, 0.15) is 54.0 Å². The van der Waals surface area contributed by atoms with E-state index in [1.54, 1.807) is 11.8 Å². The first-order valence-electron chi connectivity index (χ1n) is 12.0. The third kappa shape index (κ3) is 8.23. The van der Waals surface area contributed by atoms with Gasteiger partial charge in [0.1, 0.15) is 5.60 Å². The molecule has 5 nitrogen and oxygen atoms in total. The lowest BCUT2D eigenvalue weighted by Crippen LogP contribution is -2.48. The number of amides is 1. The molecular formula is C28H41NO4S. The lowest BCUT2D eigenvalue weighted by Gasteiger charge is -2.35. The minimum atomic E-state index is -0.542. The minimum absolute atomic E-state index is 0.0507. The Bertz CT molecular complexity index is 870. The van der Waals surface area contributed by atoms with E-state index in [0.29, 0.717) is 12.3 Å². The first-order valence-corrected chi connectivity index (χ1v) is 13.0. The molecule has 1 heterocycles. The highest BCUT2D eigenvalue weighted by Crippen LogP contribution is 2.40. The molecule has 0 N–H and O–H groups in total. The zero-order valence-corrected chi connectivity index (χ0v) is 22.7. The van der Waals surface area contributed by atoms with Crippen LogP contribution in [0, 0.1) is 17.8 Å². The molecule has 0 aromatic heterocycles. The van der Waals surface area contributed by atoms with E-state index in [9.17, 15) is 9.59 Å². The molecule has 0 unspecified atom stereocenters. The van der Waals surface area contributed by atoms with Gasteiger partial charge in [-0.1, -0.05) is 68.5 Å². The van der Waals surface area contributed by atoms with E-state index in [2.05, 4.69) is 45.9 Å². The van der Waals surface area contributed by atoms with Crippen LogP contribution in [0.15, 0.2) is 54.6 Å². The number of allylic oxidation sites excluding steroid dienone is 2. The van der Waals surface area contributed by atoms with Crippen molar-refractivity contribution in [3.8, 4) is 0 Å². The number of benzene rings is 1. The Morgan fingerprint density at radius 1 is 1.15 bits per heavy atom. The second kappa shape index (κ2) is 12.0. The smallest absolute Gasteiger partial charge is 0.411 e. The van der Waals surface area contributed by atoms with Crippen molar-refractivity contribution in [2.45, 2.75) is 71.4 Å². The third-order valence-corrected chi connectivity index (χ3v) is 7.21. The largest absolute Gasteiger partial charge is 0.469 e. The van der Waals surface area contributed by atoms with Crippen molar-refractivity contribution in [2.24, 2.45) is 17.8 Å².